The lowest BCUT2D eigenvalue weighted by molar-refractivity contribution is 0.100. The minimum atomic E-state index is -3.83. The summed E-state index contributed by atoms with van der Waals surface area (Å²) in [5.41, 5.74) is 6.74. The number of rotatable bonds is 4. The minimum Gasteiger partial charge on any atom is -0.366 e. The average molecular weight is 368 g/mol. The summed E-state index contributed by atoms with van der Waals surface area (Å²) in [5, 5.41) is 5.14. The number of aryl methyl sites for hydroxylation is 1. The van der Waals surface area contributed by atoms with Crippen molar-refractivity contribution in [3.8, 4) is 0 Å². The molecule has 2 aromatic rings. The molecule has 4 N–H and O–H groups in total. The third-order valence-electron chi connectivity index (χ3n) is 3.12. The fourth-order valence-corrected chi connectivity index (χ4v) is 3.21. The number of carbonyl (C=O) groups is 2. The molecular formula is C15H14ClN3O4S. The summed E-state index contributed by atoms with van der Waals surface area (Å²) in [6.07, 6.45) is 0. The molecule has 0 spiro atoms. The number of benzene rings is 2. The number of hydrogen-bond donors (Lipinski definition) is 3. The quantitative estimate of drug-likeness (QED) is 0.719. The first-order valence-corrected chi connectivity index (χ1v) is 9.01. The van der Waals surface area contributed by atoms with Crippen LogP contribution in [-0.4, -0.2) is 20.4 Å². The molecule has 2 aromatic carbocycles. The summed E-state index contributed by atoms with van der Waals surface area (Å²) in [6.45, 7) is 1.57. The Bertz CT molecular complexity index is 895. The molecule has 0 aromatic heterocycles. The van der Waals surface area contributed by atoms with Gasteiger partial charge in [0.15, 0.2) is 0 Å². The van der Waals surface area contributed by atoms with E-state index in [1.165, 1.54) is 42.5 Å². The molecule has 24 heavy (non-hydrogen) atoms. The van der Waals surface area contributed by atoms with Crippen LogP contribution in [0.3, 0.4) is 0 Å². The zero-order valence-corrected chi connectivity index (χ0v) is 14.1. The number of halogens is 1. The normalized spacial score (nSPS) is 10.9. The summed E-state index contributed by atoms with van der Waals surface area (Å²) in [4.78, 5) is 22.9. The molecule has 0 aliphatic heterocycles. The lowest BCUT2D eigenvalue weighted by Crippen LogP contribution is -2.19. The highest BCUT2D eigenvalue weighted by atomic mass is 35.7. The van der Waals surface area contributed by atoms with E-state index in [9.17, 15) is 18.0 Å². The second kappa shape index (κ2) is 6.90. The molecule has 0 unspecified atom stereocenters. The van der Waals surface area contributed by atoms with Gasteiger partial charge >= 0.3 is 6.03 Å². The van der Waals surface area contributed by atoms with Crippen LogP contribution in [-0.2, 0) is 9.05 Å². The molecule has 0 bridgehead atoms. The molecular weight excluding hydrogens is 354 g/mol. The molecule has 0 saturated carbocycles. The molecule has 0 saturated heterocycles. The van der Waals surface area contributed by atoms with E-state index in [-0.39, 0.29) is 4.90 Å². The highest BCUT2D eigenvalue weighted by molar-refractivity contribution is 8.13. The van der Waals surface area contributed by atoms with Gasteiger partial charge in [0.2, 0.25) is 5.91 Å². The summed E-state index contributed by atoms with van der Waals surface area (Å²) >= 11 is 0. The van der Waals surface area contributed by atoms with Crippen LogP contribution in [0.5, 0.6) is 0 Å². The third kappa shape index (κ3) is 4.46. The standard InChI is InChI=1S/C15H14ClN3O4S/c1-9-8-12(6-7-13(9)24(16,22)23)19-15(21)18-11-4-2-10(3-5-11)14(17)20/h2-8H,1H3,(H2,17,20)(H2,18,19,21). The maximum absolute atomic E-state index is 11.9. The van der Waals surface area contributed by atoms with Crippen LogP contribution in [0.25, 0.3) is 0 Å². The summed E-state index contributed by atoms with van der Waals surface area (Å²) in [7, 11) is 1.47. The molecule has 9 heteroatoms. The number of nitrogens with one attached hydrogen (secondary N) is 2. The highest BCUT2D eigenvalue weighted by Crippen LogP contribution is 2.23. The van der Waals surface area contributed by atoms with Crippen molar-refractivity contribution >= 4 is 43.0 Å². The van der Waals surface area contributed by atoms with Gasteiger partial charge in [-0.05, 0) is 55.0 Å². The van der Waals surface area contributed by atoms with Crippen LogP contribution >= 0.6 is 10.7 Å². The van der Waals surface area contributed by atoms with E-state index in [0.29, 0.717) is 22.5 Å². The van der Waals surface area contributed by atoms with Crippen LogP contribution < -0.4 is 16.4 Å². The van der Waals surface area contributed by atoms with Crippen molar-refractivity contribution in [2.75, 3.05) is 10.6 Å². The second-order valence-corrected chi connectivity index (χ2v) is 7.47. The SMILES string of the molecule is Cc1cc(NC(=O)Nc2ccc(C(N)=O)cc2)ccc1S(=O)(=O)Cl. The number of primary amides is 1. The van der Waals surface area contributed by atoms with E-state index in [2.05, 4.69) is 10.6 Å². The monoisotopic (exact) mass is 367 g/mol. The Morgan fingerprint density at radius 1 is 1.00 bits per heavy atom. The lowest BCUT2D eigenvalue weighted by Gasteiger charge is -2.10. The summed E-state index contributed by atoms with van der Waals surface area (Å²) < 4.78 is 22.7. The van der Waals surface area contributed by atoms with E-state index >= 15 is 0 Å². The highest BCUT2D eigenvalue weighted by Gasteiger charge is 2.14. The van der Waals surface area contributed by atoms with Crippen LogP contribution in [0.4, 0.5) is 16.2 Å². The predicted molar refractivity (Wildman–Crippen MR) is 91.8 cm³/mol. The smallest absolute Gasteiger partial charge is 0.323 e. The van der Waals surface area contributed by atoms with Crippen molar-refractivity contribution in [2.45, 2.75) is 11.8 Å². The Labute approximate surface area is 143 Å². The van der Waals surface area contributed by atoms with Crippen LogP contribution in [0.2, 0.25) is 0 Å². The molecule has 0 aliphatic rings. The minimum absolute atomic E-state index is 0.0165. The Kier molecular flexibility index (Phi) is 5.10. The van der Waals surface area contributed by atoms with E-state index in [1.807, 2.05) is 0 Å². The van der Waals surface area contributed by atoms with Gasteiger partial charge < -0.3 is 16.4 Å². The topological polar surface area (TPSA) is 118 Å². The van der Waals surface area contributed by atoms with Crippen molar-refractivity contribution in [3.05, 3.63) is 53.6 Å². The van der Waals surface area contributed by atoms with Crippen molar-refractivity contribution in [1.82, 2.24) is 0 Å². The van der Waals surface area contributed by atoms with Gasteiger partial charge in [0.05, 0.1) is 4.90 Å². The van der Waals surface area contributed by atoms with Crippen molar-refractivity contribution < 1.29 is 18.0 Å². The molecule has 0 aliphatic carbocycles. The lowest BCUT2D eigenvalue weighted by atomic mass is 10.2. The van der Waals surface area contributed by atoms with E-state index in [4.69, 9.17) is 16.4 Å². The number of amides is 3. The van der Waals surface area contributed by atoms with Gasteiger partial charge in [0.1, 0.15) is 0 Å². The number of hydrogen-bond acceptors (Lipinski definition) is 4. The maximum atomic E-state index is 11.9. The molecule has 7 nitrogen and oxygen atoms in total. The number of nitrogens with two attached hydrogens (primary N) is 1. The predicted octanol–water partition coefficient (Wildman–Crippen LogP) is 2.67. The van der Waals surface area contributed by atoms with Gasteiger partial charge in [0, 0.05) is 27.6 Å². The van der Waals surface area contributed by atoms with Gasteiger partial charge in [0.25, 0.3) is 9.05 Å². The molecule has 0 atom stereocenters. The van der Waals surface area contributed by atoms with Crippen molar-refractivity contribution in [3.63, 3.8) is 0 Å². The van der Waals surface area contributed by atoms with Crippen molar-refractivity contribution in [2.24, 2.45) is 5.73 Å². The molecule has 2 rings (SSSR count). The molecule has 0 heterocycles. The van der Waals surface area contributed by atoms with E-state index in [1.54, 1.807) is 6.92 Å². The van der Waals surface area contributed by atoms with Gasteiger partial charge in [-0.3, -0.25) is 4.79 Å². The zero-order valence-electron chi connectivity index (χ0n) is 12.5. The largest absolute Gasteiger partial charge is 0.366 e. The number of carbonyl (C=O) groups excluding carboxylic acids is 2. The van der Waals surface area contributed by atoms with Gasteiger partial charge in [-0.1, -0.05) is 0 Å². The van der Waals surface area contributed by atoms with Crippen LogP contribution in [0.1, 0.15) is 15.9 Å². The fourth-order valence-electron chi connectivity index (χ4n) is 2.01. The number of anilines is 2. The molecule has 0 fully saturated rings. The number of urea groups is 1. The summed E-state index contributed by atoms with van der Waals surface area (Å²) in [6, 6.07) is 9.76. The van der Waals surface area contributed by atoms with Gasteiger partial charge in [-0.15, -0.1) is 0 Å². The Balaban J connectivity index is 2.07. The summed E-state index contributed by atoms with van der Waals surface area (Å²) in [5.74, 6) is -0.559. The third-order valence-corrected chi connectivity index (χ3v) is 4.60. The molecule has 0 radical (unpaired) electrons. The molecule has 3 amide bonds. The Morgan fingerprint density at radius 3 is 2.04 bits per heavy atom. The molecule has 126 valence electrons. The first kappa shape index (κ1) is 17.8. The van der Waals surface area contributed by atoms with Gasteiger partial charge in [-0.25, -0.2) is 13.2 Å². The Hall–Kier alpha value is -2.58. The van der Waals surface area contributed by atoms with Gasteiger partial charge in [-0.2, -0.15) is 0 Å². The second-order valence-electron chi connectivity index (χ2n) is 4.94. The van der Waals surface area contributed by atoms with E-state index < -0.39 is 21.0 Å². The van der Waals surface area contributed by atoms with Crippen LogP contribution in [0.15, 0.2) is 47.4 Å². The van der Waals surface area contributed by atoms with Crippen molar-refractivity contribution in [1.29, 1.82) is 0 Å². The first-order valence-electron chi connectivity index (χ1n) is 6.70. The van der Waals surface area contributed by atoms with Crippen LogP contribution in [0, 0.1) is 6.92 Å². The first-order chi connectivity index (χ1) is 11.2. The fraction of sp³-hybridized carbons (Fsp3) is 0.0667. The Morgan fingerprint density at radius 2 is 1.54 bits per heavy atom. The van der Waals surface area contributed by atoms with E-state index in [0.717, 1.165) is 0 Å². The zero-order chi connectivity index (χ0) is 17.9. The maximum Gasteiger partial charge on any atom is 0.323 e. The average Bonchev–Trinajstić information content (AvgIpc) is 2.46.